The van der Waals surface area contributed by atoms with Crippen LogP contribution in [0, 0.1) is 23.5 Å². The molecule has 2 aromatic rings. The Balaban J connectivity index is 1.39. The van der Waals surface area contributed by atoms with Gasteiger partial charge in [-0.25, -0.2) is 8.78 Å². The van der Waals surface area contributed by atoms with Crippen molar-refractivity contribution in [2.45, 2.75) is 12.2 Å². The zero-order valence-electron chi connectivity index (χ0n) is 13.1. The summed E-state index contributed by atoms with van der Waals surface area (Å²) < 4.78 is 38.6. The van der Waals surface area contributed by atoms with Gasteiger partial charge >= 0.3 is 0 Å². The minimum atomic E-state index is -0.747. The molecule has 0 N–H and O–H groups in total. The largest absolute Gasteiger partial charge is 0.366 e. The Bertz CT molecular complexity index is 854. The van der Waals surface area contributed by atoms with Crippen LogP contribution in [0.1, 0.15) is 10.6 Å². The topological polar surface area (TPSA) is 55.6 Å². The number of aromatic nitrogens is 1. The molecule has 1 amide bonds. The number of hydrogen-bond acceptors (Lipinski definition) is 4. The summed E-state index contributed by atoms with van der Waals surface area (Å²) in [7, 11) is 0. The van der Waals surface area contributed by atoms with E-state index in [0.29, 0.717) is 24.9 Å². The molecule has 4 atom stereocenters. The molecule has 2 fully saturated rings. The number of halogens is 2. The third-order valence-electron chi connectivity index (χ3n) is 5.29. The lowest BCUT2D eigenvalue weighted by atomic mass is 9.86. The number of likely N-dealkylation sites (tertiary alicyclic amines) is 1. The highest BCUT2D eigenvalue weighted by Gasteiger charge is 2.51. The second-order valence-corrected chi connectivity index (χ2v) is 6.66. The standard InChI is InChI=1S/C18H14F2N2O3/c19-11-2-1-3-12(20)17(11)13-6-16(25-21-13)18(23)22-7-9-10(8-22)15-5-4-14(9)24-15/h1-6,9-10,14-15H,7-8H2. The van der Waals surface area contributed by atoms with Crippen molar-refractivity contribution in [3.63, 3.8) is 0 Å². The summed E-state index contributed by atoms with van der Waals surface area (Å²) in [5, 5.41) is 3.68. The molecule has 5 nitrogen and oxygen atoms in total. The van der Waals surface area contributed by atoms with Crippen LogP contribution in [-0.4, -0.2) is 41.3 Å². The first-order chi connectivity index (χ1) is 12.1. The number of amides is 1. The van der Waals surface area contributed by atoms with Gasteiger partial charge in [-0.15, -0.1) is 0 Å². The van der Waals surface area contributed by atoms with Crippen molar-refractivity contribution < 1.29 is 22.8 Å². The molecule has 4 heterocycles. The fourth-order valence-corrected chi connectivity index (χ4v) is 4.09. The van der Waals surface area contributed by atoms with E-state index < -0.39 is 11.6 Å². The third-order valence-corrected chi connectivity index (χ3v) is 5.29. The first-order valence-corrected chi connectivity index (χ1v) is 8.16. The van der Waals surface area contributed by atoms with E-state index in [1.807, 2.05) is 12.2 Å². The number of hydrogen-bond donors (Lipinski definition) is 0. The van der Waals surface area contributed by atoms with Crippen molar-refractivity contribution in [1.82, 2.24) is 10.1 Å². The highest BCUT2D eigenvalue weighted by Crippen LogP contribution is 2.43. The summed E-state index contributed by atoms with van der Waals surface area (Å²) in [6.45, 7) is 1.16. The van der Waals surface area contributed by atoms with Crippen molar-refractivity contribution in [2.24, 2.45) is 11.8 Å². The lowest BCUT2D eigenvalue weighted by Gasteiger charge is -2.17. The Kier molecular flexibility index (Phi) is 3.09. The number of rotatable bonds is 2. The summed E-state index contributed by atoms with van der Waals surface area (Å²) in [6.07, 6.45) is 4.25. The van der Waals surface area contributed by atoms with E-state index in [9.17, 15) is 13.6 Å². The van der Waals surface area contributed by atoms with Gasteiger partial charge < -0.3 is 14.2 Å². The maximum Gasteiger partial charge on any atom is 0.292 e. The van der Waals surface area contributed by atoms with Gasteiger partial charge in [0.1, 0.15) is 17.3 Å². The highest BCUT2D eigenvalue weighted by atomic mass is 19.1. The van der Waals surface area contributed by atoms with Gasteiger partial charge in [-0.3, -0.25) is 4.79 Å². The average molecular weight is 344 g/mol. The van der Waals surface area contributed by atoms with E-state index in [1.165, 1.54) is 12.1 Å². The second kappa shape index (κ2) is 5.23. The third kappa shape index (κ3) is 2.15. The molecular weight excluding hydrogens is 330 g/mol. The van der Waals surface area contributed by atoms with E-state index in [1.54, 1.807) is 4.90 Å². The molecular formula is C18H14F2N2O3. The van der Waals surface area contributed by atoms with Crippen LogP contribution in [-0.2, 0) is 4.74 Å². The van der Waals surface area contributed by atoms with Gasteiger partial charge in [-0.1, -0.05) is 23.4 Å². The van der Waals surface area contributed by atoms with Crippen molar-refractivity contribution in [3.05, 3.63) is 53.8 Å². The SMILES string of the molecule is O=C(c1cc(-c2c(F)cccc2F)no1)N1CC2C3C=CC(O3)C2C1. The molecule has 0 spiro atoms. The molecule has 3 aliphatic rings. The van der Waals surface area contributed by atoms with Crippen LogP contribution in [0.3, 0.4) is 0 Å². The van der Waals surface area contributed by atoms with Gasteiger partial charge in [0, 0.05) is 31.0 Å². The Morgan fingerprint density at radius 3 is 2.40 bits per heavy atom. The van der Waals surface area contributed by atoms with E-state index in [2.05, 4.69) is 5.16 Å². The van der Waals surface area contributed by atoms with Crippen molar-refractivity contribution in [1.29, 1.82) is 0 Å². The number of nitrogens with zero attached hydrogens (tertiary/aromatic N) is 2. The number of fused-ring (bicyclic) bond motifs is 5. The molecule has 5 rings (SSSR count). The van der Waals surface area contributed by atoms with Crippen LogP contribution in [0.5, 0.6) is 0 Å². The normalized spacial score (nSPS) is 29.4. The molecule has 128 valence electrons. The van der Waals surface area contributed by atoms with Gasteiger partial charge in [-0.2, -0.15) is 0 Å². The minimum Gasteiger partial charge on any atom is -0.366 e. The Morgan fingerprint density at radius 1 is 1.12 bits per heavy atom. The van der Waals surface area contributed by atoms with E-state index in [-0.39, 0.29) is 35.1 Å². The van der Waals surface area contributed by atoms with E-state index in [0.717, 1.165) is 12.1 Å². The van der Waals surface area contributed by atoms with Gasteiger partial charge in [0.05, 0.1) is 17.8 Å². The second-order valence-electron chi connectivity index (χ2n) is 6.66. The number of carbonyl (C=O) groups excluding carboxylic acids is 1. The minimum absolute atomic E-state index is 0.0150. The quantitative estimate of drug-likeness (QED) is 0.786. The predicted molar refractivity (Wildman–Crippen MR) is 82.5 cm³/mol. The maximum absolute atomic E-state index is 13.9. The van der Waals surface area contributed by atoms with Gasteiger partial charge in [0.2, 0.25) is 5.76 Å². The summed E-state index contributed by atoms with van der Waals surface area (Å²) in [6, 6.07) is 4.84. The smallest absolute Gasteiger partial charge is 0.292 e. The van der Waals surface area contributed by atoms with Gasteiger partial charge in [0.15, 0.2) is 0 Å². The summed E-state index contributed by atoms with van der Waals surface area (Å²) in [5.74, 6) is -1.23. The van der Waals surface area contributed by atoms with E-state index >= 15 is 0 Å². The summed E-state index contributed by atoms with van der Waals surface area (Å²) in [4.78, 5) is 14.4. The monoisotopic (exact) mass is 344 g/mol. The summed E-state index contributed by atoms with van der Waals surface area (Å²) >= 11 is 0. The van der Waals surface area contributed by atoms with Crippen LogP contribution >= 0.6 is 0 Å². The average Bonchev–Trinajstić information content (AvgIpc) is 3.35. The first kappa shape index (κ1) is 14.8. The molecule has 25 heavy (non-hydrogen) atoms. The summed E-state index contributed by atoms with van der Waals surface area (Å²) in [5.41, 5.74) is -0.317. The van der Waals surface area contributed by atoms with Crippen LogP contribution in [0.2, 0.25) is 0 Å². The van der Waals surface area contributed by atoms with Crippen molar-refractivity contribution in [3.8, 4) is 11.3 Å². The van der Waals surface area contributed by atoms with Crippen LogP contribution in [0.25, 0.3) is 11.3 Å². The zero-order chi connectivity index (χ0) is 17.1. The highest BCUT2D eigenvalue weighted by molar-refractivity contribution is 5.92. The Hall–Kier alpha value is -2.54. The Labute approximate surface area is 141 Å². The lowest BCUT2D eigenvalue weighted by molar-refractivity contribution is 0.0625. The lowest BCUT2D eigenvalue weighted by Crippen LogP contribution is -2.31. The number of ether oxygens (including phenoxy) is 1. The Morgan fingerprint density at radius 2 is 1.76 bits per heavy atom. The molecule has 0 saturated carbocycles. The molecule has 0 radical (unpaired) electrons. The molecule has 3 aliphatic heterocycles. The van der Waals surface area contributed by atoms with Crippen LogP contribution < -0.4 is 0 Å². The molecule has 0 aliphatic carbocycles. The molecule has 2 bridgehead atoms. The number of benzene rings is 1. The van der Waals surface area contributed by atoms with Crippen molar-refractivity contribution in [2.75, 3.05) is 13.1 Å². The molecule has 4 unspecified atom stereocenters. The first-order valence-electron chi connectivity index (χ1n) is 8.16. The maximum atomic E-state index is 13.9. The van der Waals surface area contributed by atoms with E-state index in [4.69, 9.17) is 9.26 Å². The number of carbonyl (C=O) groups is 1. The zero-order valence-corrected chi connectivity index (χ0v) is 13.1. The fraction of sp³-hybridized carbons (Fsp3) is 0.333. The molecule has 2 saturated heterocycles. The fourth-order valence-electron chi connectivity index (χ4n) is 4.09. The van der Waals surface area contributed by atoms with Crippen LogP contribution in [0.15, 0.2) is 40.9 Å². The molecule has 1 aromatic carbocycles. The van der Waals surface area contributed by atoms with Crippen LogP contribution in [0.4, 0.5) is 8.78 Å². The van der Waals surface area contributed by atoms with Crippen molar-refractivity contribution >= 4 is 5.91 Å². The molecule has 1 aromatic heterocycles. The van der Waals surface area contributed by atoms with Gasteiger partial charge in [0.25, 0.3) is 5.91 Å². The predicted octanol–water partition coefficient (Wildman–Crippen LogP) is 2.65. The molecule has 7 heteroatoms. The van der Waals surface area contributed by atoms with Gasteiger partial charge in [-0.05, 0) is 12.1 Å².